The fourth-order valence-electron chi connectivity index (χ4n) is 1.52. The number of rotatable bonds is 4. The Hall–Kier alpha value is -0.470. The van der Waals surface area contributed by atoms with Crippen LogP contribution >= 0.6 is 23.2 Å². The summed E-state index contributed by atoms with van der Waals surface area (Å²) in [5.41, 5.74) is 1.92. The van der Waals surface area contributed by atoms with Gasteiger partial charge in [-0.05, 0) is 31.9 Å². The molecular weight excluding hydrogens is 231 g/mol. The molecule has 0 spiro atoms. The number of aryl methyl sites for hydroxylation is 1. The van der Waals surface area contributed by atoms with Gasteiger partial charge in [-0.2, -0.15) is 0 Å². The third kappa shape index (κ3) is 3.54. The zero-order valence-corrected chi connectivity index (χ0v) is 10.8. The highest BCUT2D eigenvalue weighted by atomic mass is 35.5. The minimum atomic E-state index is 0.397. The molecule has 0 amide bonds. The van der Waals surface area contributed by atoms with Crippen LogP contribution in [0.15, 0.2) is 6.07 Å². The van der Waals surface area contributed by atoms with Gasteiger partial charge in [-0.3, -0.25) is 0 Å². The van der Waals surface area contributed by atoms with Crippen molar-refractivity contribution < 1.29 is 0 Å². The van der Waals surface area contributed by atoms with Crippen LogP contribution in [0.25, 0.3) is 0 Å². The van der Waals surface area contributed by atoms with E-state index in [1.165, 1.54) is 0 Å². The fraction of sp³-hybridized carbons (Fsp3) is 0.545. The molecule has 1 heterocycles. The van der Waals surface area contributed by atoms with Gasteiger partial charge < -0.3 is 5.32 Å². The standard InChI is InChI=1S/C11H16Cl2N2/c1-4-5-8(3)14-10-7(2)6-9(12)15-11(10)13/h6,8,14H,4-5H2,1-3H3. The van der Waals surface area contributed by atoms with Crippen LogP contribution in [0.4, 0.5) is 5.69 Å². The monoisotopic (exact) mass is 246 g/mol. The van der Waals surface area contributed by atoms with Gasteiger partial charge in [-0.15, -0.1) is 0 Å². The van der Waals surface area contributed by atoms with Gasteiger partial charge in [0, 0.05) is 6.04 Å². The van der Waals surface area contributed by atoms with Crippen molar-refractivity contribution >= 4 is 28.9 Å². The first-order chi connectivity index (χ1) is 7.04. The summed E-state index contributed by atoms with van der Waals surface area (Å²) in [5, 5.41) is 4.24. The predicted octanol–water partition coefficient (Wildman–Crippen LogP) is 4.30. The molecule has 1 aromatic heterocycles. The molecule has 1 aromatic rings. The molecule has 4 heteroatoms. The van der Waals surface area contributed by atoms with Crippen molar-refractivity contribution in [1.82, 2.24) is 4.98 Å². The van der Waals surface area contributed by atoms with E-state index in [1.54, 1.807) is 0 Å². The number of hydrogen-bond acceptors (Lipinski definition) is 2. The van der Waals surface area contributed by atoms with Gasteiger partial charge in [0.1, 0.15) is 5.15 Å². The Bertz CT molecular complexity index is 316. The SMILES string of the molecule is CCCC(C)Nc1c(C)cc(Cl)nc1Cl. The van der Waals surface area contributed by atoms with Crippen molar-refractivity contribution in [3.8, 4) is 0 Å². The van der Waals surface area contributed by atoms with Crippen LogP contribution in [0.2, 0.25) is 10.3 Å². The van der Waals surface area contributed by atoms with Gasteiger partial charge in [-0.1, -0.05) is 36.5 Å². The third-order valence-electron chi connectivity index (χ3n) is 2.25. The van der Waals surface area contributed by atoms with Crippen molar-refractivity contribution in [3.05, 3.63) is 21.9 Å². The predicted molar refractivity (Wildman–Crippen MR) is 67.0 cm³/mol. The normalized spacial score (nSPS) is 12.6. The largest absolute Gasteiger partial charge is 0.380 e. The number of aromatic nitrogens is 1. The Kier molecular flexibility index (Phi) is 4.68. The summed E-state index contributed by atoms with van der Waals surface area (Å²) >= 11 is 11.8. The highest BCUT2D eigenvalue weighted by molar-refractivity contribution is 6.34. The quantitative estimate of drug-likeness (QED) is 0.802. The zero-order chi connectivity index (χ0) is 11.4. The summed E-state index contributed by atoms with van der Waals surface area (Å²) in [6.07, 6.45) is 2.25. The Morgan fingerprint density at radius 2 is 2.13 bits per heavy atom. The Morgan fingerprint density at radius 3 is 2.67 bits per heavy atom. The lowest BCUT2D eigenvalue weighted by Crippen LogP contribution is -2.16. The summed E-state index contributed by atoms with van der Waals surface area (Å²) in [6.45, 7) is 6.26. The zero-order valence-electron chi connectivity index (χ0n) is 9.27. The first-order valence-electron chi connectivity index (χ1n) is 5.13. The van der Waals surface area contributed by atoms with E-state index in [1.807, 2.05) is 13.0 Å². The highest BCUT2D eigenvalue weighted by Gasteiger charge is 2.09. The Balaban J connectivity index is 2.85. The molecule has 1 rings (SSSR count). The van der Waals surface area contributed by atoms with Crippen LogP contribution < -0.4 is 5.32 Å². The maximum atomic E-state index is 6.02. The molecular formula is C11H16Cl2N2. The first-order valence-corrected chi connectivity index (χ1v) is 5.89. The lowest BCUT2D eigenvalue weighted by Gasteiger charge is -2.17. The molecule has 0 aliphatic heterocycles. The van der Waals surface area contributed by atoms with E-state index < -0.39 is 0 Å². The molecule has 0 aromatic carbocycles. The number of nitrogens with zero attached hydrogens (tertiary/aromatic N) is 1. The number of nitrogens with one attached hydrogen (secondary N) is 1. The van der Waals surface area contributed by atoms with Crippen molar-refractivity contribution in [2.75, 3.05) is 5.32 Å². The smallest absolute Gasteiger partial charge is 0.154 e. The third-order valence-corrected chi connectivity index (χ3v) is 2.72. The first kappa shape index (κ1) is 12.6. The van der Waals surface area contributed by atoms with Crippen LogP contribution in [-0.4, -0.2) is 11.0 Å². The number of pyridine rings is 1. The summed E-state index contributed by atoms with van der Waals surface area (Å²) in [4.78, 5) is 4.02. The van der Waals surface area contributed by atoms with E-state index in [4.69, 9.17) is 23.2 Å². The molecule has 0 saturated carbocycles. The van der Waals surface area contributed by atoms with Crippen LogP contribution in [-0.2, 0) is 0 Å². The second-order valence-corrected chi connectivity index (χ2v) is 4.51. The van der Waals surface area contributed by atoms with Crippen molar-refractivity contribution in [2.24, 2.45) is 0 Å². The van der Waals surface area contributed by atoms with Crippen LogP contribution in [0, 0.1) is 6.92 Å². The molecule has 1 N–H and O–H groups in total. The molecule has 15 heavy (non-hydrogen) atoms. The van der Waals surface area contributed by atoms with E-state index in [0.717, 1.165) is 24.1 Å². The molecule has 0 bridgehead atoms. The topological polar surface area (TPSA) is 24.9 Å². The second-order valence-electron chi connectivity index (χ2n) is 3.76. The van der Waals surface area contributed by atoms with Crippen LogP contribution in [0.5, 0.6) is 0 Å². The number of halogens is 2. The highest BCUT2D eigenvalue weighted by Crippen LogP contribution is 2.27. The van der Waals surface area contributed by atoms with Gasteiger partial charge >= 0.3 is 0 Å². The van der Waals surface area contributed by atoms with E-state index in [2.05, 4.69) is 24.1 Å². The van der Waals surface area contributed by atoms with Crippen molar-refractivity contribution in [2.45, 2.75) is 39.7 Å². The lowest BCUT2D eigenvalue weighted by molar-refractivity contribution is 0.689. The lowest BCUT2D eigenvalue weighted by atomic mass is 10.1. The summed E-state index contributed by atoms with van der Waals surface area (Å²) < 4.78 is 0. The number of hydrogen-bond donors (Lipinski definition) is 1. The van der Waals surface area contributed by atoms with Crippen LogP contribution in [0.1, 0.15) is 32.3 Å². The second kappa shape index (κ2) is 5.57. The molecule has 0 fully saturated rings. The molecule has 0 aliphatic carbocycles. The van der Waals surface area contributed by atoms with Gasteiger partial charge in [0.2, 0.25) is 0 Å². The van der Waals surface area contributed by atoms with Gasteiger partial charge in [0.25, 0.3) is 0 Å². The van der Waals surface area contributed by atoms with Crippen LogP contribution in [0.3, 0.4) is 0 Å². The average molecular weight is 247 g/mol. The minimum absolute atomic E-state index is 0.397. The Labute approximate surface area is 101 Å². The molecule has 0 radical (unpaired) electrons. The molecule has 84 valence electrons. The van der Waals surface area contributed by atoms with Gasteiger partial charge in [0.05, 0.1) is 5.69 Å². The van der Waals surface area contributed by atoms with Gasteiger partial charge in [0.15, 0.2) is 5.15 Å². The maximum absolute atomic E-state index is 6.02. The summed E-state index contributed by atoms with van der Waals surface area (Å²) in [5.74, 6) is 0. The number of anilines is 1. The fourth-order valence-corrected chi connectivity index (χ4v) is 2.11. The molecule has 0 aliphatic rings. The van der Waals surface area contributed by atoms with E-state index in [-0.39, 0.29) is 0 Å². The van der Waals surface area contributed by atoms with Gasteiger partial charge in [-0.25, -0.2) is 4.98 Å². The molecule has 0 saturated heterocycles. The minimum Gasteiger partial charge on any atom is -0.380 e. The average Bonchev–Trinajstić information content (AvgIpc) is 2.11. The molecule has 1 atom stereocenters. The maximum Gasteiger partial charge on any atom is 0.154 e. The molecule has 1 unspecified atom stereocenters. The van der Waals surface area contributed by atoms with Crippen molar-refractivity contribution in [1.29, 1.82) is 0 Å². The summed E-state index contributed by atoms with van der Waals surface area (Å²) in [6, 6.07) is 2.21. The van der Waals surface area contributed by atoms with E-state index in [0.29, 0.717) is 16.3 Å². The van der Waals surface area contributed by atoms with E-state index >= 15 is 0 Å². The summed E-state index contributed by atoms with van der Waals surface area (Å²) in [7, 11) is 0. The van der Waals surface area contributed by atoms with E-state index in [9.17, 15) is 0 Å². The Morgan fingerprint density at radius 1 is 1.47 bits per heavy atom. The van der Waals surface area contributed by atoms with Crippen molar-refractivity contribution in [3.63, 3.8) is 0 Å². The molecule has 2 nitrogen and oxygen atoms in total.